The number of alkyl halides is 10. The fraction of sp³-hybridized carbons (Fsp3) is 1.00. The van der Waals surface area contributed by atoms with E-state index >= 15 is 0 Å². The fourth-order valence-electron chi connectivity index (χ4n) is 1.15. The van der Waals surface area contributed by atoms with Crippen molar-refractivity contribution in [3.8, 4) is 0 Å². The van der Waals surface area contributed by atoms with Gasteiger partial charge in [-0.25, -0.2) is 0 Å². The number of halogens is 10. The summed E-state index contributed by atoms with van der Waals surface area (Å²) >= 11 is 0. The number of hydrogen-bond acceptors (Lipinski definition) is 2. The minimum atomic E-state index is -5.72. The molecule has 12 heteroatoms. The van der Waals surface area contributed by atoms with Crippen LogP contribution in [0.1, 0.15) is 19.3 Å². The predicted molar refractivity (Wildman–Crippen MR) is 57.5 cm³/mol. The third-order valence-corrected chi connectivity index (χ3v) is 2.47. The average Bonchev–Trinajstić information content (AvgIpc) is 2.33. The summed E-state index contributed by atoms with van der Waals surface area (Å²) in [5.74, 6) is -9.95. The molecule has 0 N–H and O–H groups in total. The first-order valence-electron chi connectivity index (χ1n) is 6.25. The standard InChI is InChI=1S/C11H14F10O2/c12-8(13,10(16,17)18)6-22-4-2-1-3-5-23-7-9(14,15)11(19,20)21/h1-7H2. The average molecular weight is 368 g/mol. The monoisotopic (exact) mass is 368 g/mol. The molecule has 0 unspecified atom stereocenters. The van der Waals surface area contributed by atoms with Crippen molar-refractivity contribution in [1.29, 1.82) is 0 Å². The number of unbranched alkanes of at least 4 members (excludes halogenated alkanes) is 2. The second-order valence-electron chi connectivity index (χ2n) is 4.57. The normalized spacial score (nSPS) is 14.3. The van der Waals surface area contributed by atoms with Gasteiger partial charge in [-0.1, -0.05) is 0 Å². The third kappa shape index (κ3) is 8.04. The molecule has 0 aliphatic heterocycles. The molecule has 2 nitrogen and oxygen atoms in total. The van der Waals surface area contributed by atoms with Crippen LogP contribution in [-0.2, 0) is 9.47 Å². The van der Waals surface area contributed by atoms with E-state index in [1.807, 2.05) is 0 Å². The van der Waals surface area contributed by atoms with Gasteiger partial charge < -0.3 is 9.47 Å². The van der Waals surface area contributed by atoms with Crippen LogP contribution in [0.4, 0.5) is 43.9 Å². The van der Waals surface area contributed by atoms with Crippen molar-refractivity contribution in [3.05, 3.63) is 0 Å². The van der Waals surface area contributed by atoms with E-state index in [2.05, 4.69) is 9.47 Å². The summed E-state index contributed by atoms with van der Waals surface area (Å²) in [4.78, 5) is 0. The maximum absolute atomic E-state index is 12.4. The lowest BCUT2D eigenvalue weighted by atomic mass is 10.2. The summed E-state index contributed by atoms with van der Waals surface area (Å²) in [7, 11) is 0. The molecule has 140 valence electrons. The van der Waals surface area contributed by atoms with Gasteiger partial charge in [0.2, 0.25) is 0 Å². The molecule has 0 aromatic heterocycles. The maximum atomic E-state index is 12.4. The van der Waals surface area contributed by atoms with Gasteiger partial charge in [-0.15, -0.1) is 0 Å². The van der Waals surface area contributed by atoms with E-state index in [0.29, 0.717) is 0 Å². The van der Waals surface area contributed by atoms with Gasteiger partial charge in [-0.3, -0.25) is 0 Å². The molecule has 0 bridgehead atoms. The second-order valence-corrected chi connectivity index (χ2v) is 4.57. The first-order chi connectivity index (χ1) is 10.2. The Bertz CT molecular complexity index is 305. The number of hydrogen-bond donors (Lipinski definition) is 0. The van der Waals surface area contributed by atoms with Gasteiger partial charge in [-0.2, -0.15) is 43.9 Å². The zero-order chi connectivity index (χ0) is 18.4. The van der Waals surface area contributed by atoms with E-state index in [-0.39, 0.29) is 19.3 Å². The third-order valence-electron chi connectivity index (χ3n) is 2.47. The summed E-state index contributed by atoms with van der Waals surface area (Å²) in [5, 5.41) is 0. The van der Waals surface area contributed by atoms with Crippen LogP contribution in [0, 0.1) is 0 Å². The van der Waals surface area contributed by atoms with Crippen LogP contribution in [0.15, 0.2) is 0 Å². The highest BCUT2D eigenvalue weighted by atomic mass is 19.4. The molecule has 0 rings (SSSR count). The molecule has 0 atom stereocenters. The Hall–Kier alpha value is -0.780. The van der Waals surface area contributed by atoms with Crippen molar-refractivity contribution < 1.29 is 53.4 Å². The Labute approximate surface area is 124 Å². The lowest BCUT2D eigenvalue weighted by molar-refractivity contribution is -0.297. The quantitative estimate of drug-likeness (QED) is 0.415. The van der Waals surface area contributed by atoms with Gasteiger partial charge in [0.25, 0.3) is 0 Å². The van der Waals surface area contributed by atoms with Crippen LogP contribution in [0.3, 0.4) is 0 Å². The predicted octanol–water partition coefficient (Wildman–Crippen LogP) is 4.59. The molecule has 0 saturated carbocycles. The Balaban J connectivity index is 3.66. The number of rotatable bonds is 10. The molecule has 0 aromatic carbocycles. The van der Waals surface area contributed by atoms with Crippen LogP contribution in [-0.4, -0.2) is 50.6 Å². The summed E-state index contributed by atoms with van der Waals surface area (Å²) in [5.41, 5.74) is 0. The number of ether oxygens (including phenoxy) is 2. The van der Waals surface area contributed by atoms with Gasteiger partial charge in [0.15, 0.2) is 0 Å². The molecule has 0 aliphatic rings. The highest BCUT2D eigenvalue weighted by Gasteiger charge is 2.58. The zero-order valence-corrected chi connectivity index (χ0v) is 11.5. The first-order valence-corrected chi connectivity index (χ1v) is 6.25. The molecule has 0 saturated heterocycles. The Morgan fingerprint density at radius 1 is 0.478 bits per heavy atom. The zero-order valence-electron chi connectivity index (χ0n) is 11.5. The van der Waals surface area contributed by atoms with E-state index in [0.717, 1.165) is 0 Å². The molecule has 0 fully saturated rings. The van der Waals surface area contributed by atoms with Crippen molar-refractivity contribution >= 4 is 0 Å². The molecule has 0 aliphatic carbocycles. The van der Waals surface area contributed by atoms with Crippen LogP contribution >= 0.6 is 0 Å². The summed E-state index contributed by atoms with van der Waals surface area (Å²) in [6.45, 7) is -4.57. The van der Waals surface area contributed by atoms with Crippen molar-refractivity contribution in [2.45, 2.75) is 43.5 Å². The molecular weight excluding hydrogens is 354 g/mol. The molecular formula is C11H14F10O2. The molecule has 23 heavy (non-hydrogen) atoms. The van der Waals surface area contributed by atoms with Crippen molar-refractivity contribution in [1.82, 2.24) is 0 Å². The lowest BCUT2D eigenvalue weighted by Crippen LogP contribution is -2.40. The Morgan fingerprint density at radius 2 is 0.783 bits per heavy atom. The van der Waals surface area contributed by atoms with Crippen LogP contribution < -0.4 is 0 Å². The van der Waals surface area contributed by atoms with E-state index in [1.165, 1.54) is 0 Å². The van der Waals surface area contributed by atoms with Gasteiger partial charge in [0.1, 0.15) is 13.2 Å². The maximum Gasteiger partial charge on any atom is 0.455 e. The molecule has 0 aromatic rings. The molecule has 0 spiro atoms. The van der Waals surface area contributed by atoms with Crippen molar-refractivity contribution in [3.63, 3.8) is 0 Å². The van der Waals surface area contributed by atoms with Crippen molar-refractivity contribution in [2.75, 3.05) is 26.4 Å². The van der Waals surface area contributed by atoms with Gasteiger partial charge in [-0.05, 0) is 19.3 Å². The van der Waals surface area contributed by atoms with Crippen LogP contribution in [0.2, 0.25) is 0 Å². The Morgan fingerprint density at radius 3 is 1.04 bits per heavy atom. The van der Waals surface area contributed by atoms with Crippen LogP contribution in [0.25, 0.3) is 0 Å². The Kier molecular flexibility index (Phi) is 8.07. The summed E-state index contributed by atoms with van der Waals surface area (Å²) in [6, 6.07) is 0. The highest BCUT2D eigenvalue weighted by Crippen LogP contribution is 2.36. The van der Waals surface area contributed by atoms with E-state index in [9.17, 15) is 43.9 Å². The van der Waals surface area contributed by atoms with Crippen molar-refractivity contribution in [2.24, 2.45) is 0 Å². The largest absolute Gasteiger partial charge is 0.455 e. The van der Waals surface area contributed by atoms with E-state index < -0.39 is 50.6 Å². The molecule has 0 amide bonds. The lowest BCUT2D eigenvalue weighted by Gasteiger charge is -2.19. The van der Waals surface area contributed by atoms with Gasteiger partial charge in [0.05, 0.1) is 0 Å². The van der Waals surface area contributed by atoms with E-state index in [1.54, 1.807) is 0 Å². The second kappa shape index (κ2) is 8.36. The molecule has 0 radical (unpaired) electrons. The first kappa shape index (κ1) is 22.2. The molecule has 0 heterocycles. The van der Waals surface area contributed by atoms with Crippen LogP contribution in [0.5, 0.6) is 0 Å². The smallest absolute Gasteiger partial charge is 0.375 e. The SMILES string of the molecule is FC(F)(F)C(F)(F)COCCCCCOCC(F)(F)C(F)(F)F. The van der Waals surface area contributed by atoms with E-state index in [4.69, 9.17) is 0 Å². The summed E-state index contributed by atoms with van der Waals surface area (Å²) < 4.78 is 128. The van der Waals surface area contributed by atoms with Gasteiger partial charge >= 0.3 is 24.2 Å². The topological polar surface area (TPSA) is 18.5 Å². The highest BCUT2D eigenvalue weighted by molar-refractivity contribution is 4.75. The summed E-state index contributed by atoms with van der Waals surface area (Å²) in [6.07, 6.45) is -11.3. The fourth-order valence-corrected chi connectivity index (χ4v) is 1.15. The minimum Gasteiger partial charge on any atom is -0.375 e. The van der Waals surface area contributed by atoms with Gasteiger partial charge in [0, 0.05) is 13.2 Å². The minimum absolute atomic E-state index is 0.0208.